The van der Waals surface area contributed by atoms with Crippen LogP contribution in [0.25, 0.3) is 15.9 Å². The maximum Gasteiger partial charge on any atom is 0.229 e. The van der Waals surface area contributed by atoms with Gasteiger partial charge in [0.05, 0.1) is 29.6 Å². The Hall–Kier alpha value is -2.39. The van der Waals surface area contributed by atoms with Gasteiger partial charge in [-0.05, 0) is 57.1 Å². The summed E-state index contributed by atoms with van der Waals surface area (Å²) in [6, 6.07) is 5.73. The second kappa shape index (κ2) is 7.32. The van der Waals surface area contributed by atoms with Gasteiger partial charge < -0.3 is 9.67 Å². The van der Waals surface area contributed by atoms with E-state index in [0.717, 1.165) is 49.6 Å². The lowest BCUT2D eigenvalue weighted by molar-refractivity contribution is -0.124. The van der Waals surface area contributed by atoms with Gasteiger partial charge in [-0.2, -0.15) is 0 Å². The number of imidazole rings is 1. The molecule has 1 aromatic heterocycles. The number of hydrogen-bond donors (Lipinski definition) is 2. The quantitative estimate of drug-likeness (QED) is 0.743. The Balaban J connectivity index is 0.00000210. The normalized spacial score (nSPS) is 19.3. The molecule has 0 radical (unpaired) electrons. The minimum absolute atomic E-state index is 0. The molecule has 1 atom stereocenters. The molecule has 2 aromatic rings. The fraction of sp³-hybridized carbons (Fsp3) is 0.571. The van der Waals surface area contributed by atoms with Crippen LogP contribution in [0, 0.1) is 12.5 Å². The lowest BCUT2D eigenvalue weighted by atomic mass is 9.72. The van der Waals surface area contributed by atoms with Crippen LogP contribution in [-0.4, -0.2) is 26.2 Å². The van der Waals surface area contributed by atoms with Gasteiger partial charge in [0, 0.05) is 6.04 Å². The zero-order valence-corrected chi connectivity index (χ0v) is 15.0. The van der Waals surface area contributed by atoms with Gasteiger partial charge in [-0.15, -0.1) is 0 Å². The molecule has 2 N–H and O–H groups in total. The highest BCUT2D eigenvalue weighted by Crippen LogP contribution is 2.39. The molecule has 1 aromatic carbocycles. The Labute approximate surface area is 160 Å². The first-order valence-corrected chi connectivity index (χ1v) is 9.39. The summed E-state index contributed by atoms with van der Waals surface area (Å²) in [6.45, 7) is 8.99. The van der Waals surface area contributed by atoms with Crippen molar-refractivity contribution in [3.05, 3.63) is 29.6 Å². The van der Waals surface area contributed by atoms with Crippen LogP contribution in [0.2, 0.25) is 0 Å². The molecular weight excluding hydrogens is 340 g/mol. The highest BCUT2D eigenvalue weighted by molar-refractivity contribution is 5.92. The van der Waals surface area contributed by atoms with Crippen LogP contribution in [0.3, 0.4) is 0 Å². The number of nitrogens with one attached hydrogen (secondary N) is 1. The number of carbonyl (C=O) groups excluding carboxylic acids is 1. The van der Waals surface area contributed by atoms with Crippen molar-refractivity contribution >= 4 is 28.6 Å². The first-order valence-electron chi connectivity index (χ1n) is 9.39. The van der Waals surface area contributed by atoms with Gasteiger partial charge in [-0.1, -0.05) is 19.9 Å². The molecule has 0 saturated heterocycles. The number of nitrogens with zero attached hydrogens (tertiary/aromatic N) is 3. The summed E-state index contributed by atoms with van der Waals surface area (Å²) in [5.41, 5.74) is 1.28. The first-order chi connectivity index (χ1) is 12.5. The number of fused-ring (bicyclic) bond motifs is 1. The fourth-order valence-corrected chi connectivity index (χ4v) is 3.92. The number of aliphatic hydroxyl groups is 1. The largest absolute Gasteiger partial charge is 0.389 e. The van der Waals surface area contributed by atoms with Gasteiger partial charge in [0.1, 0.15) is 0 Å². The third kappa shape index (κ3) is 3.57. The van der Waals surface area contributed by atoms with E-state index >= 15 is 0 Å². The van der Waals surface area contributed by atoms with Crippen LogP contribution in [0.15, 0.2) is 18.2 Å². The third-order valence-electron chi connectivity index (χ3n) is 6.00. The zero-order chi connectivity index (χ0) is 18.3. The zero-order valence-electron chi connectivity index (χ0n) is 15.0. The number of carbonyl (C=O) groups is 1. The first kappa shape index (κ1) is 19.4. The maximum absolute atomic E-state index is 12.6. The number of aromatic nitrogens is 2. The number of rotatable bonds is 5. The number of hydrogen-bond acceptors (Lipinski definition) is 3. The molecule has 1 amide bonds. The van der Waals surface area contributed by atoms with E-state index in [1.165, 1.54) is 0 Å². The fourth-order valence-electron chi connectivity index (χ4n) is 3.92. The monoisotopic (exact) mass is 368 g/mol. The van der Waals surface area contributed by atoms with Crippen LogP contribution >= 0.6 is 0 Å². The van der Waals surface area contributed by atoms with Crippen LogP contribution in [0.1, 0.15) is 65.3 Å². The minimum atomic E-state index is -0.965. The van der Waals surface area contributed by atoms with Crippen molar-refractivity contribution in [2.24, 2.45) is 5.92 Å². The molecule has 2 saturated carbocycles. The Morgan fingerprint density at radius 3 is 2.63 bits per heavy atom. The highest BCUT2D eigenvalue weighted by Gasteiger charge is 2.38. The van der Waals surface area contributed by atoms with Crippen molar-refractivity contribution in [3.8, 4) is 0 Å². The van der Waals surface area contributed by atoms with Crippen molar-refractivity contribution < 1.29 is 9.90 Å². The molecule has 0 bridgehead atoms. The topological polar surface area (TPSA) is 71.5 Å². The average molecular weight is 368 g/mol. The molecule has 27 heavy (non-hydrogen) atoms. The van der Waals surface area contributed by atoms with Gasteiger partial charge in [0.15, 0.2) is 5.69 Å². The van der Waals surface area contributed by atoms with Crippen molar-refractivity contribution in [2.45, 2.75) is 70.9 Å². The summed E-state index contributed by atoms with van der Waals surface area (Å²) in [4.78, 5) is 20.7. The van der Waals surface area contributed by atoms with Crippen LogP contribution in [0.4, 0.5) is 11.6 Å². The molecule has 6 nitrogen and oxygen atoms in total. The Bertz CT molecular complexity index is 885. The van der Waals surface area contributed by atoms with E-state index < -0.39 is 5.60 Å². The molecule has 2 fully saturated rings. The van der Waals surface area contributed by atoms with E-state index in [-0.39, 0.29) is 25.7 Å². The summed E-state index contributed by atoms with van der Waals surface area (Å²) in [6.07, 6.45) is 6.45. The van der Waals surface area contributed by atoms with Gasteiger partial charge in [0.2, 0.25) is 11.9 Å². The lowest BCUT2D eigenvalue weighted by Gasteiger charge is -2.38. The standard InChI is InChI=1S/C20H24N4O2.CH4/c1-20(26,13-5-3-6-13)12-18(25)23-19-22-16-10-9-14(21-2)11-17(16)24(19)15-7-4-8-15;/h9-11,13,15,26H,3-8,12H2,1H3,(H,22,23,25);1H4. The molecule has 0 spiro atoms. The van der Waals surface area contributed by atoms with Crippen LogP contribution < -0.4 is 5.32 Å². The van der Waals surface area contributed by atoms with Gasteiger partial charge in [-0.25, -0.2) is 9.83 Å². The highest BCUT2D eigenvalue weighted by atomic mass is 16.3. The summed E-state index contributed by atoms with van der Waals surface area (Å²) in [5.74, 6) is 0.532. The third-order valence-corrected chi connectivity index (χ3v) is 6.00. The second-order valence-corrected chi connectivity index (χ2v) is 7.88. The molecule has 6 heteroatoms. The van der Waals surface area contributed by atoms with E-state index in [0.29, 0.717) is 17.7 Å². The van der Waals surface area contributed by atoms with Crippen molar-refractivity contribution in [2.75, 3.05) is 5.32 Å². The number of anilines is 1. The molecule has 144 valence electrons. The summed E-state index contributed by atoms with van der Waals surface area (Å²) in [5, 5.41) is 13.5. The minimum Gasteiger partial charge on any atom is -0.389 e. The van der Waals surface area contributed by atoms with E-state index in [9.17, 15) is 9.90 Å². The van der Waals surface area contributed by atoms with Gasteiger partial charge in [0.25, 0.3) is 0 Å². The molecular formula is C21H28N4O2. The Morgan fingerprint density at radius 2 is 2.07 bits per heavy atom. The maximum atomic E-state index is 12.6. The summed E-state index contributed by atoms with van der Waals surface area (Å²) < 4.78 is 2.06. The Morgan fingerprint density at radius 1 is 1.37 bits per heavy atom. The number of amides is 1. The molecule has 0 aliphatic heterocycles. The van der Waals surface area contributed by atoms with Crippen molar-refractivity contribution in [3.63, 3.8) is 0 Å². The van der Waals surface area contributed by atoms with Gasteiger partial charge in [-0.3, -0.25) is 10.1 Å². The summed E-state index contributed by atoms with van der Waals surface area (Å²) >= 11 is 0. The lowest BCUT2D eigenvalue weighted by Crippen LogP contribution is -2.42. The van der Waals surface area contributed by atoms with Crippen molar-refractivity contribution in [1.82, 2.24) is 9.55 Å². The van der Waals surface area contributed by atoms with Crippen molar-refractivity contribution in [1.29, 1.82) is 0 Å². The molecule has 2 aliphatic rings. The van der Waals surface area contributed by atoms with E-state index in [1.54, 1.807) is 13.0 Å². The van der Waals surface area contributed by atoms with E-state index in [2.05, 4.69) is 19.7 Å². The van der Waals surface area contributed by atoms with E-state index in [4.69, 9.17) is 6.57 Å². The average Bonchev–Trinajstić information content (AvgIpc) is 2.79. The molecule has 1 heterocycles. The van der Waals surface area contributed by atoms with E-state index in [1.807, 2.05) is 12.1 Å². The smallest absolute Gasteiger partial charge is 0.229 e. The van der Waals surface area contributed by atoms with Gasteiger partial charge >= 0.3 is 0 Å². The van der Waals surface area contributed by atoms with Crippen LogP contribution in [-0.2, 0) is 4.79 Å². The molecule has 1 unspecified atom stereocenters. The number of benzene rings is 1. The Kier molecular flexibility index (Phi) is 5.25. The predicted molar refractivity (Wildman–Crippen MR) is 107 cm³/mol. The predicted octanol–water partition coefficient (Wildman–Crippen LogP) is 4.83. The molecule has 2 aliphatic carbocycles. The van der Waals surface area contributed by atoms with Crippen LogP contribution in [0.5, 0.6) is 0 Å². The SMILES string of the molecule is C.[C-]#[N+]c1ccc2nc(NC(=O)CC(C)(O)C3CCC3)n(C3CCC3)c2c1. The molecule has 4 rings (SSSR count). The summed E-state index contributed by atoms with van der Waals surface area (Å²) in [7, 11) is 0. The second-order valence-electron chi connectivity index (χ2n) is 7.88.